The number of hydrogen-bond acceptors (Lipinski definition) is 3. The molecule has 0 saturated carbocycles. The lowest BCUT2D eigenvalue weighted by Gasteiger charge is -2.13. The standard InChI is InChI=1S/C13H19NO3/c1-9(2)17-11-5-3-10(4-6-11)12(7-8-14)13(15)16/h3-6,9,12H,7-8,14H2,1-2H3,(H,15,16). The van der Waals surface area contributed by atoms with E-state index < -0.39 is 11.9 Å². The van der Waals surface area contributed by atoms with Crippen molar-refractivity contribution in [2.75, 3.05) is 6.54 Å². The SMILES string of the molecule is CC(C)Oc1ccc(C(CCN)C(=O)O)cc1. The lowest BCUT2D eigenvalue weighted by Crippen LogP contribution is -2.16. The number of carboxylic acid groups (broad SMARTS) is 1. The predicted octanol–water partition coefficient (Wildman–Crippen LogP) is 1.99. The zero-order valence-electron chi connectivity index (χ0n) is 10.2. The molecule has 1 aromatic carbocycles. The van der Waals surface area contributed by atoms with Gasteiger partial charge in [0.05, 0.1) is 12.0 Å². The maximum atomic E-state index is 11.1. The Morgan fingerprint density at radius 3 is 2.35 bits per heavy atom. The number of benzene rings is 1. The molecule has 94 valence electrons. The van der Waals surface area contributed by atoms with Crippen LogP contribution in [0.25, 0.3) is 0 Å². The molecule has 1 rings (SSSR count). The summed E-state index contributed by atoms with van der Waals surface area (Å²) in [6, 6.07) is 7.15. The van der Waals surface area contributed by atoms with Crippen molar-refractivity contribution < 1.29 is 14.6 Å². The molecule has 0 aliphatic rings. The van der Waals surface area contributed by atoms with E-state index in [2.05, 4.69) is 0 Å². The maximum Gasteiger partial charge on any atom is 0.311 e. The molecule has 17 heavy (non-hydrogen) atoms. The van der Waals surface area contributed by atoms with Gasteiger partial charge in [0.1, 0.15) is 5.75 Å². The molecule has 0 aliphatic carbocycles. The Morgan fingerprint density at radius 2 is 1.94 bits per heavy atom. The Bertz CT molecular complexity index is 359. The van der Waals surface area contributed by atoms with Gasteiger partial charge in [-0.25, -0.2) is 0 Å². The lowest BCUT2D eigenvalue weighted by atomic mass is 9.96. The number of aliphatic carboxylic acids is 1. The van der Waals surface area contributed by atoms with E-state index in [4.69, 9.17) is 15.6 Å². The molecule has 0 aliphatic heterocycles. The van der Waals surface area contributed by atoms with Gasteiger partial charge in [0.15, 0.2) is 0 Å². The first-order valence-corrected chi connectivity index (χ1v) is 5.74. The number of carboxylic acids is 1. The third kappa shape index (κ3) is 4.07. The molecule has 1 atom stereocenters. The summed E-state index contributed by atoms with van der Waals surface area (Å²) in [6.07, 6.45) is 0.555. The maximum absolute atomic E-state index is 11.1. The van der Waals surface area contributed by atoms with E-state index in [0.29, 0.717) is 13.0 Å². The third-order valence-corrected chi connectivity index (χ3v) is 2.41. The molecule has 0 fully saturated rings. The van der Waals surface area contributed by atoms with Crippen molar-refractivity contribution in [2.45, 2.75) is 32.3 Å². The molecule has 0 aromatic heterocycles. The monoisotopic (exact) mass is 237 g/mol. The van der Waals surface area contributed by atoms with Gasteiger partial charge in [0, 0.05) is 0 Å². The topological polar surface area (TPSA) is 72.5 Å². The predicted molar refractivity (Wildman–Crippen MR) is 66.3 cm³/mol. The van der Waals surface area contributed by atoms with Crippen LogP contribution in [0.3, 0.4) is 0 Å². The van der Waals surface area contributed by atoms with Gasteiger partial charge in [0.2, 0.25) is 0 Å². The Balaban J connectivity index is 2.80. The Kier molecular flexibility index (Phi) is 4.97. The van der Waals surface area contributed by atoms with Crippen LogP contribution in [-0.2, 0) is 4.79 Å². The molecule has 0 bridgehead atoms. The first-order valence-electron chi connectivity index (χ1n) is 5.74. The summed E-state index contributed by atoms with van der Waals surface area (Å²) in [5.74, 6) is -0.623. The quantitative estimate of drug-likeness (QED) is 0.793. The van der Waals surface area contributed by atoms with E-state index in [0.717, 1.165) is 11.3 Å². The summed E-state index contributed by atoms with van der Waals surface area (Å²) in [4.78, 5) is 11.1. The van der Waals surface area contributed by atoms with Gasteiger partial charge in [-0.15, -0.1) is 0 Å². The minimum atomic E-state index is -0.840. The van der Waals surface area contributed by atoms with Gasteiger partial charge < -0.3 is 15.6 Å². The summed E-state index contributed by atoms with van der Waals surface area (Å²) in [5.41, 5.74) is 6.18. The number of carbonyl (C=O) groups is 1. The highest BCUT2D eigenvalue weighted by Gasteiger charge is 2.18. The highest BCUT2D eigenvalue weighted by molar-refractivity contribution is 5.76. The van der Waals surface area contributed by atoms with Gasteiger partial charge in [-0.05, 0) is 44.5 Å². The Morgan fingerprint density at radius 1 is 1.35 bits per heavy atom. The lowest BCUT2D eigenvalue weighted by molar-refractivity contribution is -0.138. The van der Waals surface area contributed by atoms with Crippen molar-refractivity contribution in [3.63, 3.8) is 0 Å². The molecule has 0 heterocycles. The van der Waals surface area contributed by atoms with Crippen LogP contribution >= 0.6 is 0 Å². The molecule has 1 aromatic rings. The van der Waals surface area contributed by atoms with Crippen molar-refractivity contribution in [3.05, 3.63) is 29.8 Å². The van der Waals surface area contributed by atoms with E-state index in [1.54, 1.807) is 24.3 Å². The van der Waals surface area contributed by atoms with Crippen molar-refractivity contribution >= 4 is 5.97 Å². The molecule has 4 heteroatoms. The summed E-state index contributed by atoms with van der Waals surface area (Å²) in [7, 11) is 0. The molecule has 4 nitrogen and oxygen atoms in total. The fourth-order valence-corrected chi connectivity index (χ4v) is 1.65. The highest BCUT2D eigenvalue weighted by atomic mass is 16.5. The van der Waals surface area contributed by atoms with Gasteiger partial charge in [-0.2, -0.15) is 0 Å². The first-order chi connectivity index (χ1) is 8.04. The summed E-state index contributed by atoms with van der Waals surface area (Å²) >= 11 is 0. The second-order valence-electron chi connectivity index (χ2n) is 4.20. The van der Waals surface area contributed by atoms with Gasteiger partial charge in [0.25, 0.3) is 0 Å². The van der Waals surface area contributed by atoms with Crippen molar-refractivity contribution in [2.24, 2.45) is 5.73 Å². The van der Waals surface area contributed by atoms with Crippen molar-refractivity contribution in [1.82, 2.24) is 0 Å². The molecule has 3 N–H and O–H groups in total. The minimum absolute atomic E-state index is 0.111. The minimum Gasteiger partial charge on any atom is -0.491 e. The number of hydrogen-bond donors (Lipinski definition) is 2. The molecule has 0 spiro atoms. The second-order valence-corrected chi connectivity index (χ2v) is 4.20. The van der Waals surface area contributed by atoms with E-state index >= 15 is 0 Å². The molecule has 0 radical (unpaired) electrons. The average molecular weight is 237 g/mol. The Hall–Kier alpha value is -1.55. The summed E-state index contributed by atoms with van der Waals surface area (Å²) in [6.45, 7) is 4.26. The second kappa shape index (κ2) is 6.25. The average Bonchev–Trinajstić information content (AvgIpc) is 2.26. The molecule has 0 saturated heterocycles. The van der Waals surface area contributed by atoms with Crippen LogP contribution in [0.4, 0.5) is 0 Å². The fourth-order valence-electron chi connectivity index (χ4n) is 1.65. The van der Waals surface area contributed by atoms with Crippen LogP contribution in [0.1, 0.15) is 31.7 Å². The van der Waals surface area contributed by atoms with Crippen LogP contribution in [0.2, 0.25) is 0 Å². The van der Waals surface area contributed by atoms with E-state index in [1.165, 1.54) is 0 Å². The summed E-state index contributed by atoms with van der Waals surface area (Å²) < 4.78 is 5.50. The number of rotatable bonds is 6. The zero-order valence-corrected chi connectivity index (χ0v) is 10.2. The first kappa shape index (κ1) is 13.5. The molecule has 0 amide bonds. The molecular formula is C13H19NO3. The Labute approximate surface area is 101 Å². The van der Waals surface area contributed by atoms with Crippen LogP contribution in [0.5, 0.6) is 5.75 Å². The molecular weight excluding hydrogens is 218 g/mol. The zero-order chi connectivity index (χ0) is 12.8. The van der Waals surface area contributed by atoms with E-state index in [9.17, 15) is 4.79 Å². The van der Waals surface area contributed by atoms with Crippen LogP contribution in [0.15, 0.2) is 24.3 Å². The van der Waals surface area contributed by atoms with E-state index in [-0.39, 0.29) is 6.10 Å². The number of ether oxygens (including phenoxy) is 1. The van der Waals surface area contributed by atoms with Gasteiger partial charge >= 0.3 is 5.97 Å². The molecule has 1 unspecified atom stereocenters. The van der Waals surface area contributed by atoms with Gasteiger partial charge in [-0.3, -0.25) is 4.79 Å². The smallest absolute Gasteiger partial charge is 0.311 e. The largest absolute Gasteiger partial charge is 0.491 e. The van der Waals surface area contributed by atoms with Crippen LogP contribution in [-0.4, -0.2) is 23.7 Å². The number of nitrogens with two attached hydrogens (primary N) is 1. The van der Waals surface area contributed by atoms with Crippen LogP contribution in [0, 0.1) is 0 Å². The van der Waals surface area contributed by atoms with Crippen molar-refractivity contribution in [3.8, 4) is 5.75 Å². The summed E-state index contributed by atoms with van der Waals surface area (Å²) in [5, 5.41) is 9.09. The normalized spacial score (nSPS) is 12.5. The highest BCUT2D eigenvalue weighted by Crippen LogP contribution is 2.22. The van der Waals surface area contributed by atoms with E-state index in [1.807, 2.05) is 13.8 Å². The third-order valence-electron chi connectivity index (χ3n) is 2.41. The van der Waals surface area contributed by atoms with Crippen molar-refractivity contribution in [1.29, 1.82) is 0 Å². The van der Waals surface area contributed by atoms with Gasteiger partial charge in [-0.1, -0.05) is 12.1 Å². The van der Waals surface area contributed by atoms with Crippen LogP contribution < -0.4 is 10.5 Å². The fraction of sp³-hybridized carbons (Fsp3) is 0.462.